The molecule has 3 heteroatoms. The van der Waals surface area contributed by atoms with Crippen LogP contribution in [0.25, 0.3) is 0 Å². The zero-order valence-corrected chi connectivity index (χ0v) is 6.78. The molecule has 1 rings (SSSR count). The largest absolute Gasteiger partial charge is 0.207 e. The van der Waals surface area contributed by atoms with Gasteiger partial charge in [-0.1, -0.05) is 0 Å². The third-order valence-corrected chi connectivity index (χ3v) is 1.66. The second kappa shape index (κ2) is 3.99. The first-order chi connectivity index (χ1) is 6.16. The molecule has 0 amide bonds. The summed E-state index contributed by atoms with van der Waals surface area (Å²) in [6.45, 7) is 0. The Morgan fingerprint density at radius 1 is 1.15 bits per heavy atom. The normalized spacial score (nSPS) is 9.69. The average Bonchev–Trinajstić information content (AvgIpc) is 2.12. The van der Waals surface area contributed by atoms with E-state index < -0.39 is 17.5 Å². The Bertz CT molecular complexity index is 350. The van der Waals surface area contributed by atoms with Crippen LogP contribution in [0, 0.1) is 29.8 Å². The van der Waals surface area contributed by atoms with Gasteiger partial charge < -0.3 is 0 Å². The van der Waals surface area contributed by atoms with Gasteiger partial charge in [-0.2, -0.15) is 0 Å². The van der Waals surface area contributed by atoms with Crippen LogP contribution in [-0.4, -0.2) is 0 Å². The quantitative estimate of drug-likeness (QED) is 0.489. The van der Waals surface area contributed by atoms with Crippen LogP contribution in [0.1, 0.15) is 12.0 Å². The van der Waals surface area contributed by atoms with Crippen LogP contribution < -0.4 is 0 Å². The molecule has 0 saturated heterocycles. The van der Waals surface area contributed by atoms with Gasteiger partial charge in [0.05, 0.1) is 0 Å². The van der Waals surface area contributed by atoms with Crippen molar-refractivity contribution in [2.45, 2.75) is 12.8 Å². The summed E-state index contributed by atoms with van der Waals surface area (Å²) in [5.74, 6) is -0.712. The number of hydrogen-bond acceptors (Lipinski definition) is 0. The maximum absolute atomic E-state index is 12.9. The minimum atomic E-state index is -1.14. The molecule has 0 spiro atoms. The monoisotopic (exact) mass is 184 g/mol. The molecule has 0 radical (unpaired) electrons. The van der Waals surface area contributed by atoms with Crippen molar-refractivity contribution in [2.75, 3.05) is 0 Å². The summed E-state index contributed by atoms with van der Waals surface area (Å²) in [6.07, 6.45) is 5.14. The van der Waals surface area contributed by atoms with Crippen molar-refractivity contribution < 1.29 is 13.2 Å². The second-order valence-corrected chi connectivity index (χ2v) is 2.53. The number of terminal acetylenes is 1. The van der Waals surface area contributed by atoms with Crippen LogP contribution in [0.3, 0.4) is 0 Å². The maximum Gasteiger partial charge on any atom is 0.164 e. The van der Waals surface area contributed by atoms with E-state index in [2.05, 4.69) is 5.92 Å². The Hall–Kier alpha value is -1.43. The van der Waals surface area contributed by atoms with Crippen LogP contribution in [0.2, 0.25) is 0 Å². The Balaban J connectivity index is 3.04. The van der Waals surface area contributed by atoms with Crippen molar-refractivity contribution in [3.05, 3.63) is 35.1 Å². The van der Waals surface area contributed by atoms with E-state index in [-0.39, 0.29) is 18.4 Å². The van der Waals surface area contributed by atoms with Gasteiger partial charge in [0.1, 0.15) is 5.82 Å². The minimum Gasteiger partial charge on any atom is -0.207 e. The van der Waals surface area contributed by atoms with Gasteiger partial charge in [-0.3, -0.25) is 0 Å². The molecule has 0 fully saturated rings. The van der Waals surface area contributed by atoms with E-state index in [0.29, 0.717) is 0 Å². The fourth-order valence-corrected chi connectivity index (χ4v) is 0.995. The van der Waals surface area contributed by atoms with E-state index >= 15 is 0 Å². The molecule has 0 N–H and O–H groups in total. The topological polar surface area (TPSA) is 0 Å². The van der Waals surface area contributed by atoms with E-state index in [1.54, 1.807) is 0 Å². The lowest BCUT2D eigenvalue weighted by molar-refractivity contribution is 0.480. The van der Waals surface area contributed by atoms with Crippen molar-refractivity contribution >= 4 is 0 Å². The SMILES string of the molecule is C#CCCc1c(F)ccc(F)c1F. The molecular formula is C10H7F3. The van der Waals surface area contributed by atoms with Crippen molar-refractivity contribution in [2.24, 2.45) is 0 Å². The lowest BCUT2D eigenvalue weighted by atomic mass is 10.1. The Labute approximate surface area is 74.4 Å². The Morgan fingerprint density at radius 2 is 1.77 bits per heavy atom. The van der Waals surface area contributed by atoms with Crippen molar-refractivity contribution in [3.63, 3.8) is 0 Å². The lowest BCUT2D eigenvalue weighted by Gasteiger charge is -2.02. The number of halogens is 3. The predicted molar refractivity (Wildman–Crippen MR) is 43.5 cm³/mol. The van der Waals surface area contributed by atoms with E-state index in [1.165, 1.54) is 0 Å². The molecule has 0 unspecified atom stereocenters. The number of rotatable bonds is 2. The minimum absolute atomic E-state index is 0.0198. The fourth-order valence-electron chi connectivity index (χ4n) is 0.995. The van der Waals surface area contributed by atoms with E-state index in [0.717, 1.165) is 12.1 Å². The Morgan fingerprint density at radius 3 is 2.38 bits per heavy atom. The van der Waals surface area contributed by atoms with Gasteiger partial charge in [-0.05, 0) is 18.6 Å². The number of benzene rings is 1. The summed E-state index contributed by atoms with van der Waals surface area (Å²) < 4.78 is 38.4. The highest BCUT2D eigenvalue weighted by atomic mass is 19.2. The van der Waals surface area contributed by atoms with Crippen molar-refractivity contribution in [1.82, 2.24) is 0 Å². The summed E-state index contributed by atoms with van der Waals surface area (Å²) in [5.41, 5.74) is -0.280. The van der Waals surface area contributed by atoms with Crippen LogP contribution in [0.5, 0.6) is 0 Å². The first-order valence-electron chi connectivity index (χ1n) is 3.72. The number of hydrogen-bond donors (Lipinski definition) is 0. The first kappa shape index (κ1) is 9.66. The molecule has 1 aromatic rings. The summed E-state index contributed by atoms with van der Waals surface area (Å²) >= 11 is 0. The van der Waals surface area contributed by atoms with Gasteiger partial charge in [0.15, 0.2) is 11.6 Å². The average molecular weight is 184 g/mol. The molecule has 68 valence electrons. The third-order valence-electron chi connectivity index (χ3n) is 1.66. The highest BCUT2D eigenvalue weighted by Crippen LogP contribution is 2.16. The highest BCUT2D eigenvalue weighted by molar-refractivity contribution is 5.21. The van der Waals surface area contributed by atoms with Crippen LogP contribution >= 0.6 is 0 Å². The van der Waals surface area contributed by atoms with Gasteiger partial charge >= 0.3 is 0 Å². The molecule has 0 atom stereocenters. The third kappa shape index (κ3) is 2.03. The smallest absolute Gasteiger partial charge is 0.164 e. The summed E-state index contributed by atoms with van der Waals surface area (Å²) in [6, 6.07) is 1.65. The van der Waals surface area contributed by atoms with E-state index in [1.807, 2.05) is 0 Å². The van der Waals surface area contributed by atoms with Gasteiger partial charge in [-0.25, -0.2) is 13.2 Å². The highest BCUT2D eigenvalue weighted by Gasteiger charge is 2.12. The summed E-state index contributed by atoms with van der Waals surface area (Å²) in [5, 5.41) is 0. The fraction of sp³-hybridized carbons (Fsp3) is 0.200. The molecular weight excluding hydrogens is 177 g/mol. The molecule has 0 saturated carbocycles. The molecule has 0 aliphatic rings. The van der Waals surface area contributed by atoms with Crippen LogP contribution in [0.15, 0.2) is 12.1 Å². The molecule has 0 nitrogen and oxygen atoms in total. The van der Waals surface area contributed by atoms with Gasteiger partial charge in [0.2, 0.25) is 0 Å². The molecule has 1 aromatic carbocycles. The summed E-state index contributed by atoms with van der Waals surface area (Å²) in [7, 11) is 0. The lowest BCUT2D eigenvalue weighted by Crippen LogP contribution is -1.98. The van der Waals surface area contributed by atoms with Gasteiger partial charge in [0.25, 0.3) is 0 Å². The van der Waals surface area contributed by atoms with Gasteiger partial charge in [-0.15, -0.1) is 12.3 Å². The van der Waals surface area contributed by atoms with Gasteiger partial charge in [0, 0.05) is 12.0 Å². The summed E-state index contributed by atoms with van der Waals surface area (Å²) in [4.78, 5) is 0. The molecule has 0 heterocycles. The van der Waals surface area contributed by atoms with Crippen molar-refractivity contribution in [3.8, 4) is 12.3 Å². The molecule has 0 aliphatic carbocycles. The van der Waals surface area contributed by atoms with Crippen molar-refractivity contribution in [1.29, 1.82) is 0 Å². The second-order valence-electron chi connectivity index (χ2n) is 2.53. The predicted octanol–water partition coefficient (Wildman–Crippen LogP) is 2.67. The zero-order chi connectivity index (χ0) is 9.84. The first-order valence-corrected chi connectivity index (χ1v) is 3.72. The zero-order valence-electron chi connectivity index (χ0n) is 6.78. The molecule has 0 aromatic heterocycles. The molecule has 0 aliphatic heterocycles. The standard InChI is InChI=1S/C10H7F3/c1-2-3-4-7-8(11)5-6-9(12)10(7)13/h1,5-6H,3-4H2. The Kier molecular flexibility index (Phi) is 2.97. The molecule has 0 bridgehead atoms. The maximum atomic E-state index is 12.9. The molecule has 13 heavy (non-hydrogen) atoms. The van der Waals surface area contributed by atoms with E-state index in [4.69, 9.17) is 6.42 Å². The van der Waals surface area contributed by atoms with Crippen LogP contribution in [0.4, 0.5) is 13.2 Å². The van der Waals surface area contributed by atoms with Crippen LogP contribution in [-0.2, 0) is 6.42 Å². The van der Waals surface area contributed by atoms with E-state index in [9.17, 15) is 13.2 Å².